The SMILES string of the molecule is COCCNC(=O)c1ccnc(C(=O)NCCC2=CCCCC2)c1. The molecule has 130 valence electrons. The molecule has 0 aromatic carbocycles. The van der Waals surface area contributed by atoms with Gasteiger partial charge in [0, 0.05) is 32.0 Å². The number of hydrogen-bond acceptors (Lipinski definition) is 4. The smallest absolute Gasteiger partial charge is 0.269 e. The van der Waals surface area contributed by atoms with Crippen LogP contribution in [0.4, 0.5) is 0 Å². The van der Waals surface area contributed by atoms with Gasteiger partial charge in [0.2, 0.25) is 0 Å². The van der Waals surface area contributed by atoms with E-state index in [2.05, 4.69) is 21.7 Å². The summed E-state index contributed by atoms with van der Waals surface area (Å²) in [5.74, 6) is -0.492. The topological polar surface area (TPSA) is 80.3 Å². The van der Waals surface area contributed by atoms with Gasteiger partial charge >= 0.3 is 0 Å². The van der Waals surface area contributed by atoms with Crippen LogP contribution >= 0.6 is 0 Å². The Hall–Kier alpha value is -2.21. The molecule has 2 N–H and O–H groups in total. The van der Waals surface area contributed by atoms with E-state index in [0.717, 1.165) is 19.3 Å². The van der Waals surface area contributed by atoms with Gasteiger partial charge in [0.05, 0.1) is 6.61 Å². The first-order valence-electron chi connectivity index (χ1n) is 8.40. The van der Waals surface area contributed by atoms with Crippen LogP contribution in [0.1, 0.15) is 53.0 Å². The molecule has 1 aliphatic rings. The van der Waals surface area contributed by atoms with E-state index >= 15 is 0 Å². The maximum absolute atomic E-state index is 12.2. The van der Waals surface area contributed by atoms with Crippen molar-refractivity contribution in [1.29, 1.82) is 0 Å². The summed E-state index contributed by atoms with van der Waals surface area (Å²) < 4.78 is 4.89. The Morgan fingerprint density at radius 1 is 1.21 bits per heavy atom. The quantitative estimate of drug-likeness (QED) is 0.564. The molecule has 1 heterocycles. The number of carbonyl (C=O) groups excluding carboxylic acids is 2. The number of aromatic nitrogens is 1. The molecule has 0 fully saturated rings. The molecule has 2 rings (SSSR count). The molecule has 1 aliphatic carbocycles. The van der Waals surface area contributed by atoms with E-state index in [1.807, 2.05) is 0 Å². The molecular weight excluding hydrogens is 306 g/mol. The first-order chi connectivity index (χ1) is 11.7. The van der Waals surface area contributed by atoms with E-state index in [1.165, 1.54) is 30.7 Å². The van der Waals surface area contributed by atoms with Crippen molar-refractivity contribution >= 4 is 11.8 Å². The maximum Gasteiger partial charge on any atom is 0.269 e. The lowest BCUT2D eigenvalue weighted by Crippen LogP contribution is -2.28. The molecule has 2 amide bonds. The molecule has 0 atom stereocenters. The highest BCUT2D eigenvalue weighted by Gasteiger charge is 2.12. The number of hydrogen-bond donors (Lipinski definition) is 2. The zero-order valence-corrected chi connectivity index (χ0v) is 14.1. The van der Waals surface area contributed by atoms with Crippen molar-refractivity contribution in [1.82, 2.24) is 15.6 Å². The standard InChI is InChI=1S/C18H25N3O3/c1-24-12-11-21-17(22)15-8-10-19-16(13-15)18(23)20-9-7-14-5-3-2-4-6-14/h5,8,10,13H,2-4,6-7,9,11-12H2,1H3,(H,20,23)(H,21,22). The second kappa shape index (κ2) is 9.82. The van der Waals surface area contributed by atoms with Crippen molar-refractivity contribution in [2.45, 2.75) is 32.1 Å². The van der Waals surface area contributed by atoms with E-state index < -0.39 is 0 Å². The highest BCUT2D eigenvalue weighted by atomic mass is 16.5. The van der Waals surface area contributed by atoms with Crippen LogP contribution in [0.3, 0.4) is 0 Å². The van der Waals surface area contributed by atoms with E-state index in [4.69, 9.17) is 4.74 Å². The molecular formula is C18H25N3O3. The fraction of sp³-hybridized carbons (Fsp3) is 0.500. The summed E-state index contributed by atoms with van der Waals surface area (Å²) in [7, 11) is 1.57. The lowest BCUT2D eigenvalue weighted by atomic mass is 9.97. The van der Waals surface area contributed by atoms with E-state index in [0.29, 0.717) is 25.3 Å². The molecule has 0 saturated heterocycles. The number of carbonyl (C=O) groups is 2. The van der Waals surface area contributed by atoms with Crippen LogP contribution in [0.15, 0.2) is 30.0 Å². The monoisotopic (exact) mass is 331 g/mol. The minimum absolute atomic E-state index is 0.240. The molecule has 0 spiro atoms. The molecule has 6 heteroatoms. The Morgan fingerprint density at radius 3 is 2.79 bits per heavy atom. The zero-order valence-electron chi connectivity index (χ0n) is 14.1. The highest BCUT2D eigenvalue weighted by molar-refractivity contribution is 5.98. The minimum Gasteiger partial charge on any atom is -0.383 e. The number of nitrogens with zero attached hydrogens (tertiary/aromatic N) is 1. The van der Waals surface area contributed by atoms with Gasteiger partial charge in [-0.1, -0.05) is 11.6 Å². The van der Waals surface area contributed by atoms with Gasteiger partial charge in [0.25, 0.3) is 11.8 Å². The number of rotatable bonds is 8. The third-order valence-corrected chi connectivity index (χ3v) is 3.96. The largest absolute Gasteiger partial charge is 0.383 e. The second-order valence-electron chi connectivity index (χ2n) is 5.79. The Morgan fingerprint density at radius 2 is 2.04 bits per heavy atom. The van der Waals surface area contributed by atoms with Gasteiger partial charge in [0.1, 0.15) is 5.69 Å². The fourth-order valence-corrected chi connectivity index (χ4v) is 2.62. The van der Waals surface area contributed by atoms with Gasteiger partial charge in [-0.3, -0.25) is 14.6 Å². The Kier molecular flexibility index (Phi) is 7.42. The van der Waals surface area contributed by atoms with E-state index in [9.17, 15) is 9.59 Å². The van der Waals surface area contributed by atoms with Crippen molar-refractivity contribution in [3.8, 4) is 0 Å². The van der Waals surface area contributed by atoms with Crippen molar-refractivity contribution in [2.75, 3.05) is 26.8 Å². The summed E-state index contributed by atoms with van der Waals surface area (Å²) in [6, 6.07) is 3.10. The third kappa shape index (κ3) is 5.77. The molecule has 1 aromatic rings. The van der Waals surface area contributed by atoms with E-state index in [-0.39, 0.29) is 17.5 Å². The predicted octanol–water partition coefficient (Wildman–Crippen LogP) is 2.08. The predicted molar refractivity (Wildman–Crippen MR) is 91.9 cm³/mol. The zero-order chi connectivity index (χ0) is 17.2. The van der Waals surface area contributed by atoms with Gasteiger partial charge in [-0.25, -0.2) is 0 Å². The molecule has 0 saturated carbocycles. The van der Waals surface area contributed by atoms with Crippen LogP contribution in [-0.4, -0.2) is 43.6 Å². The number of nitrogens with one attached hydrogen (secondary N) is 2. The number of methoxy groups -OCH3 is 1. The van der Waals surface area contributed by atoms with Crippen molar-refractivity contribution in [2.24, 2.45) is 0 Å². The van der Waals surface area contributed by atoms with Crippen molar-refractivity contribution in [3.63, 3.8) is 0 Å². The summed E-state index contributed by atoms with van der Waals surface area (Å²) in [5.41, 5.74) is 2.09. The molecule has 0 unspecified atom stereocenters. The normalized spacial score (nSPS) is 14.0. The van der Waals surface area contributed by atoms with Crippen LogP contribution in [0.2, 0.25) is 0 Å². The summed E-state index contributed by atoms with van der Waals surface area (Å²) >= 11 is 0. The minimum atomic E-state index is -0.252. The highest BCUT2D eigenvalue weighted by Crippen LogP contribution is 2.19. The second-order valence-corrected chi connectivity index (χ2v) is 5.79. The number of amides is 2. The van der Waals surface area contributed by atoms with Crippen molar-refractivity contribution < 1.29 is 14.3 Å². The first-order valence-corrected chi connectivity index (χ1v) is 8.40. The lowest BCUT2D eigenvalue weighted by Gasteiger charge is -2.13. The number of ether oxygens (including phenoxy) is 1. The molecule has 1 aromatic heterocycles. The average Bonchev–Trinajstić information content (AvgIpc) is 2.63. The molecule has 0 radical (unpaired) electrons. The first kappa shape index (κ1) is 18.1. The van der Waals surface area contributed by atoms with Crippen LogP contribution in [0, 0.1) is 0 Å². The summed E-state index contributed by atoms with van der Waals surface area (Å²) in [5, 5.41) is 5.59. The van der Waals surface area contributed by atoms with Gasteiger partial charge in [0.15, 0.2) is 0 Å². The molecule has 0 aliphatic heterocycles. The third-order valence-electron chi connectivity index (χ3n) is 3.96. The summed E-state index contributed by atoms with van der Waals surface area (Å²) in [4.78, 5) is 28.2. The summed E-state index contributed by atoms with van der Waals surface area (Å²) in [6.07, 6.45) is 9.41. The van der Waals surface area contributed by atoms with Crippen LogP contribution < -0.4 is 10.6 Å². The van der Waals surface area contributed by atoms with Gasteiger partial charge in [-0.15, -0.1) is 0 Å². The van der Waals surface area contributed by atoms with Crippen molar-refractivity contribution in [3.05, 3.63) is 41.2 Å². The average molecular weight is 331 g/mol. The fourth-order valence-electron chi connectivity index (χ4n) is 2.62. The van der Waals surface area contributed by atoms with Crippen LogP contribution in [-0.2, 0) is 4.74 Å². The molecule has 24 heavy (non-hydrogen) atoms. The summed E-state index contributed by atoms with van der Waals surface area (Å²) in [6.45, 7) is 1.46. The maximum atomic E-state index is 12.2. The lowest BCUT2D eigenvalue weighted by molar-refractivity contribution is 0.0937. The molecule has 6 nitrogen and oxygen atoms in total. The Bertz CT molecular complexity index is 599. The van der Waals surface area contributed by atoms with Gasteiger partial charge in [-0.2, -0.15) is 0 Å². The Labute approximate surface area is 142 Å². The van der Waals surface area contributed by atoms with E-state index in [1.54, 1.807) is 13.2 Å². The number of allylic oxidation sites excluding steroid dienone is 1. The number of pyridine rings is 1. The van der Waals surface area contributed by atoms with Crippen LogP contribution in [0.5, 0.6) is 0 Å². The van der Waals surface area contributed by atoms with Crippen LogP contribution in [0.25, 0.3) is 0 Å². The molecule has 0 bridgehead atoms. The van der Waals surface area contributed by atoms with Gasteiger partial charge in [-0.05, 0) is 44.2 Å². The van der Waals surface area contributed by atoms with Gasteiger partial charge < -0.3 is 15.4 Å². The Balaban J connectivity index is 1.84.